The molecule has 1 unspecified atom stereocenters. The molecule has 1 aromatic rings. The van der Waals surface area contributed by atoms with Crippen molar-refractivity contribution in [1.82, 2.24) is 20.0 Å². The summed E-state index contributed by atoms with van der Waals surface area (Å²) in [6.45, 7) is 7.88. The van der Waals surface area contributed by atoms with Gasteiger partial charge in [0.1, 0.15) is 0 Å². The van der Waals surface area contributed by atoms with Gasteiger partial charge >= 0.3 is 0 Å². The van der Waals surface area contributed by atoms with Crippen LogP contribution in [0.4, 0.5) is 0 Å². The lowest BCUT2D eigenvalue weighted by Crippen LogP contribution is -2.38. The number of hydrogen-bond donors (Lipinski definition) is 1. The van der Waals surface area contributed by atoms with Gasteiger partial charge < -0.3 is 5.32 Å². The van der Waals surface area contributed by atoms with Crippen LogP contribution in [-0.4, -0.2) is 41.4 Å². The maximum atomic E-state index is 4.40. The summed E-state index contributed by atoms with van der Waals surface area (Å²) in [4.78, 5) is 2.57. The molecule has 1 atom stereocenters. The molecule has 1 N–H and O–H groups in total. The fourth-order valence-electron chi connectivity index (χ4n) is 2.85. The molecule has 4 nitrogen and oxygen atoms in total. The molecule has 0 radical (unpaired) electrons. The number of nitrogens with zero attached hydrogens (tertiary/aromatic N) is 3. The van der Waals surface area contributed by atoms with E-state index < -0.39 is 0 Å². The third kappa shape index (κ3) is 3.82. The van der Waals surface area contributed by atoms with Crippen LogP contribution < -0.4 is 5.32 Å². The van der Waals surface area contributed by atoms with Gasteiger partial charge in [0.25, 0.3) is 0 Å². The molecule has 1 fully saturated rings. The van der Waals surface area contributed by atoms with Gasteiger partial charge in [-0.3, -0.25) is 9.58 Å². The van der Waals surface area contributed by atoms with Crippen molar-refractivity contribution in [3.05, 3.63) is 18.0 Å². The van der Waals surface area contributed by atoms with E-state index in [4.69, 9.17) is 0 Å². The highest BCUT2D eigenvalue weighted by molar-refractivity contribution is 5.04. The van der Waals surface area contributed by atoms with Crippen molar-refractivity contribution in [2.75, 3.05) is 26.7 Å². The van der Waals surface area contributed by atoms with Crippen LogP contribution in [0.25, 0.3) is 0 Å². The normalized spacial score (nSPS) is 21.3. The molecule has 2 rings (SSSR count). The van der Waals surface area contributed by atoms with E-state index in [1.807, 2.05) is 13.2 Å². The minimum atomic E-state index is 0.814. The molecule has 0 amide bonds. The summed E-state index contributed by atoms with van der Waals surface area (Å²) in [7, 11) is 2.05. The van der Waals surface area contributed by atoms with Crippen LogP contribution in [0.3, 0.4) is 0 Å². The second-order valence-corrected chi connectivity index (χ2v) is 5.41. The largest absolute Gasteiger partial charge is 0.319 e. The highest BCUT2D eigenvalue weighted by Gasteiger charge is 2.19. The van der Waals surface area contributed by atoms with Gasteiger partial charge in [-0.05, 0) is 45.3 Å². The van der Waals surface area contributed by atoms with Gasteiger partial charge in [-0.2, -0.15) is 5.10 Å². The molecule has 0 aliphatic carbocycles. The van der Waals surface area contributed by atoms with Gasteiger partial charge in [0.2, 0.25) is 0 Å². The predicted molar refractivity (Wildman–Crippen MR) is 74.4 cm³/mol. The molecule has 102 valence electrons. The smallest absolute Gasteiger partial charge is 0.0534 e. The lowest BCUT2D eigenvalue weighted by Gasteiger charge is -2.32. The maximum Gasteiger partial charge on any atom is 0.0534 e. The van der Waals surface area contributed by atoms with Crippen molar-refractivity contribution < 1.29 is 0 Å². The minimum absolute atomic E-state index is 0.814. The molecule has 1 aromatic heterocycles. The van der Waals surface area contributed by atoms with Crippen molar-refractivity contribution in [2.45, 2.75) is 39.3 Å². The molecule has 2 heterocycles. The summed E-state index contributed by atoms with van der Waals surface area (Å²) in [5.41, 5.74) is 1.36. The van der Waals surface area contributed by atoms with Crippen molar-refractivity contribution in [3.63, 3.8) is 0 Å². The van der Waals surface area contributed by atoms with Crippen LogP contribution in [0.2, 0.25) is 0 Å². The first-order valence-electron chi connectivity index (χ1n) is 7.20. The van der Waals surface area contributed by atoms with Crippen LogP contribution in [-0.2, 0) is 13.1 Å². The molecule has 4 heteroatoms. The van der Waals surface area contributed by atoms with E-state index in [2.05, 4.69) is 33.1 Å². The zero-order chi connectivity index (χ0) is 12.8. The molecular formula is C14H26N4. The molecule has 18 heavy (non-hydrogen) atoms. The molecule has 1 aliphatic heterocycles. The molecule has 0 spiro atoms. The highest BCUT2D eigenvalue weighted by atomic mass is 15.3. The van der Waals surface area contributed by atoms with E-state index in [0.29, 0.717) is 0 Å². The van der Waals surface area contributed by atoms with Gasteiger partial charge in [-0.25, -0.2) is 0 Å². The number of nitrogens with one attached hydrogen (secondary N) is 1. The Bertz CT molecular complexity index is 345. The fraction of sp³-hybridized carbons (Fsp3) is 0.786. The molecule has 0 aromatic carbocycles. The van der Waals surface area contributed by atoms with Crippen LogP contribution in [0.15, 0.2) is 12.4 Å². The standard InChI is InChI=1S/C14H26N4/c1-3-6-18-12-14(9-16-18)11-17-7-4-5-13(10-17)8-15-2/h9,12-13,15H,3-8,10-11H2,1-2H3. The van der Waals surface area contributed by atoms with E-state index >= 15 is 0 Å². The Labute approximate surface area is 110 Å². The number of aryl methyl sites for hydroxylation is 1. The SMILES string of the molecule is CCCn1cc(CN2CCCC(CNC)C2)cn1. The third-order valence-corrected chi connectivity index (χ3v) is 3.64. The van der Waals surface area contributed by atoms with Crippen molar-refractivity contribution >= 4 is 0 Å². The van der Waals surface area contributed by atoms with Crippen LogP contribution in [0.5, 0.6) is 0 Å². The third-order valence-electron chi connectivity index (χ3n) is 3.64. The van der Waals surface area contributed by atoms with Crippen molar-refractivity contribution in [1.29, 1.82) is 0 Å². The van der Waals surface area contributed by atoms with Crippen LogP contribution in [0, 0.1) is 5.92 Å². The summed E-state index contributed by atoms with van der Waals surface area (Å²) >= 11 is 0. The number of aromatic nitrogens is 2. The number of hydrogen-bond acceptors (Lipinski definition) is 3. The zero-order valence-electron chi connectivity index (χ0n) is 11.7. The number of likely N-dealkylation sites (tertiary alicyclic amines) is 1. The average Bonchev–Trinajstić information content (AvgIpc) is 2.78. The van der Waals surface area contributed by atoms with Gasteiger partial charge in [0.05, 0.1) is 6.20 Å². The van der Waals surface area contributed by atoms with Gasteiger partial charge in [-0.1, -0.05) is 6.92 Å². The Morgan fingerprint density at radius 3 is 3.17 bits per heavy atom. The van der Waals surface area contributed by atoms with Gasteiger partial charge in [0, 0.05) is 31.4 Å². The summed E-state index contributed by atoms with van der Waals surface area (Å²) in [5, 5.41) is 7.70. The first kappa shape index (κ1) is 13.6. The second kappa shape index (κ2) is 6.90. The fourth-order valence-corrected chi connectivity index (χ4v) is 2.85. The summed E-state index contributed by atoms with van der Waals surface area (Å²) in [5.74, 6) is 0.814. The number of rotatable bonds is 6. The lowest BCUT2D eigenvalue weighted by molar-refractivity contribution is 0.167. The van der Waals surface area contributed by atoms with Crippen LogP contribution >= 0.6 is 0 Å². The molecule has 0 bridgehead atoms. The first-order valence-corrected chi connectivity index (χ1v) is 7.20. The van der Waals surface area contributed by atoms with E-state index in [9.17, 15) is 0 Å². The highest BCUT2D eigenvalue weighted by Crippen LogP contribution is 2.17. The van der Waals surface area contributed by atoms with E-state index in [0.717, 1.165) is 32.0 Å². The second-order valence-electron chi connectivity index (χ2n) is 5.41. The lowest BCUT2D eigenvalue weighted by atomic mass is 9.98. The molecule has 1 aliphatic rings. The quantitative estimate of drug-likeness (QED) is 0.834. The Morgan fingerprint density at radius 1 is 1.50 bits per heavy atom. The minimum Gasteiger partial charge on any atom is -0.319 e. The molecule has 0 saturated carbocycles. The Morgan fingerprint density at radius 2 is 2.39 bits per heavy atom. The summed E-state index contributed by atoms with van der Waals surface area (Å²) < 4.78 is 2.06. The maximum absolute atomic E-state index is 4.40. The van der Waals surface area contributed by atoms with E-state index in [1.54, 1.807) is 0 Å². The predicted octanol–water partition coefficient (Wildman–Crippen LogP) is 1.72. The van der Waals surface area contributed by atoms with Crippen LogP contribution in [0.1, 0.15) is 31.7 Å². The van der Waals surface area contributed by atoms with E-state index in [-0.39, 0.29) is 0 Å². The Hall–Kier alpha value is -0.870. The van der Waals surface area contributed by atoms with Gasteiger partial charge in [0.15, 0.2) is 0 Å². The summed E-state index contributed by atoms with van der Waals surface area (Å²) in [6, 6.07) is 0. The van der Waals surface area contributed by atoms with Crippen molar-refractivity contribution in [3.8, 4) is 0 Å². The van der Waals surface area contributed by atoms with Crippen molar-refractivity contribution in [2.24, 2.45) is 5.92 Å². The average molecular weight is 250 g/mol. The first-order chi connectivity index (χ1) is 8.81. The topological polar surface area (TPSA) is 33.1 Å². The van der Waals surface area contributed by atoms with E-state index in [1.165, 1.54) is 31.5 Å². The monoisotopic (exact) mass is 250 g/mol. The summed E-state index contributed by atoms with van der Waals surface area (Å²) in [6.07, 6.45) is 8.07. The Kier molecular flexibility index (Phi) is 5.20. The zero-order valence-corrected chi connectivity index (χ0v) is 11.7. The Balaban J connectivity index is 1.84. The molecular weight excluding hydrogens is 224 g/mol. The number of piperidine rings is 1. The van der Waals surface area contributed by atoms with Gasteiger partial charge in [-0.15, -0.1) is 0 Å². The molecule has 1 saturated heterocycles.